The van der Waals surface area contributed by atoms with Crippen molar-refractivity contribution in [1.82, 2.24) is 20.6 Å². The minimum Gasteiger partial charge on any atom is -0.350 e. The maximum absolute atomic E-state index is 12.8. The number of hydrogen-bond donors (Lipinski definition) is 4. The summed E-state index contributed by atoms with van der Waals surface area (Å²) in [5, 5.41) is 13.3. The van der Waals surface area contributed by atoms with Crippen molar-refractivity contribution < 1.29 is 9.59 Å². The van der Waals surface area contributed by atoms with E-state index in [-0.39, 0.29) is 24.3 Å². The SMILES string of the molecule is CNC(CNC(=O)c1ccc(Nc2ncc3c(n2)-c2ccc(Cl)cc2NC(=O)C3)cc1)c1ccccc1Cl. The van der Waals surface area contributed by atoms with Crippen molar-refractivity contribution in [3.8, 4) is 11.3 Å². The molecule has 4 N–H and O–H groups in total. The number of anilines is 3. The molecule has 10 heteroatoms. The lowest BCUT2D eigenvalue weighted by atomic mass is 10.1. The number of likely N-dealkylation sites (N-methyl/N-ethyl adjacent to an activating group) is 1. The van der Waals surface area contributed by atoms with E-state index in [0.29, 0.717) is 45.2 Å². The van der Waals surface area contributed by atoms with E-state index in [0.717, 1.165) is 16.7 Å². The van der Waals surface area contributed by atoms with Crippen molar-refractivity contribution in [2.24, 2.45) is 0 Å². The third kappa shape index (κ3) is 5.62. The third-order valence-electron chi connectivity index (χ3n) is 6.23. The number of nitrogens with one attached hydrogen (secondary N) is 4. The minimum absolute atomic E-state index is 0.120. The molecule has 1 aromatic heterocycles. The Hall–Kier alpha value is -3.98. The normalized spacial score (nSPS) is 13.0. The Kier molecular flexibility index (Phi) is 7.55. The summed E-state index contributed by atoms with van der Waals surface area (Å²) in [6, 6.07) is 19.7. The highest BCUT2D eigenvalue weighted by molar-refractivity contribution is 6.31. The molecule has 0 aliphatic carbocycles. The summed E-state index contributed by atoms with van der Waals surface area (Å²) in [4.78, 5) is 34.1. The maximum atomic E-state index is 12.8. The first-order chi connectivity index (χ1) is 18.4. The van der Waals surface area contributed by atoms with Crippen LogP contribution in [-0.2, 0) is 11.2 Å². The Morgan fingerprint density at radius 1 is 1.08 bits per heavy atom. The number of benzene rings is 3. The van der Waals surface area contributed by atoms with Gasteiger partial charge in [0.15, 0.2) is 0 Å². The number of amides is 2. The molecule has 1 unspecified atom stereocenters. The zero-order valence-corrected chi connectivity index (χ0v) is 21.9. The van der Waals surface area contributed by atoms with Crippen LogP contribution in [0.5, 0.6) is 0 Å². The molecule has 1 aliphatic rings. The van der Waals surface area contributed by atoms with Gasteiger partial charge in [-0.05, 0) is 61.1 Å². The predicted octanol–water partition coefficient (Wildman–Crippen LogP) is 5.38. The molecule has 3 aromatic carbocycles. The van der Waals surface area contributed by atoms with Crippen LogP contribution in [0.3, 0.4) is 0 Å². The fourth-order valence-electron chi connectivity index (χ4n) is 4.28. The molecule has 0 saturated carbocycles. The van der Waals surface area contributed by atoms with E-state index < -0.39 is 0 Å². The van der Waals surface area contributed by atoms with Crippen LogP contribution in [-0.4, -0.2) is 35.4 Å². The summed E-state index contributed by atoms with van der Waals surface area (Å²) in [5.74, 6) is 0.0173. The molecule has 5 rings (SSSR count). The number of rotatable bonds is 7. The summed E-state index contributed by atoms with van der Waals surface area (Å²) >= 11 is 12.4. The Bertz CT molecular complexity index is 1510. The van der Waals surface area contributed by atoms with Crippen molar-refractivity contribution in [3.05, 3.63) is 99.7 Å². The minimum atomic E-state index is -0.197. The zero-order chi connectivity index (χ0) is 26.6. The largest absolute Gasteiger partial charge is 0.350 e. The first-order valence-electron chi connectivity index (χ1n) is 11.9. The fraction of sp³-hybridized carbons (Fsp3) is 0.143. The van der Waals surface area contributed by atoms with Gasteiger partial charge in [-0.2, -0.15) is 0 Å². The Morgan fingerprint density at radius 3 is 2.63 bits per heavy atom. The number of fused-ring (bicyclic) bond motifs is 3. The Labute approximate surface area is 229 Å². The molecule has 1 aliphatic heterocycles. The van der Waals surface area contributed by atoms with Crippen molar-refractivity contribution >= 4 is 52.3 Å². The van der Waals surface area contributed by atoms with E-state index in [1.165, 1.54) is 0 Å². The number of nitrogens with zero attached hydrogens (tertiary/aromatic N) is 2. The maximum Gasteiger partial charge on any atom is 0.251 e. The highest BCUT2D eigenvalue weighted by Gasteiger charge is 2.21. The van der Waals surface area contributed by atoms with Crippen LogP contribution in [0.15, 0.2) is 72.9 Å². The van der Waals surface area contributed by atoms with Crippen molar-refractivity contribution in [1.29, 1.82) is 0 Å². The van der Waals surface area contributed by atoms with E-state index in [1.54, 1.807) is 42.6 Å². The lowest BCUT2D eigenvalue weighted by Gasteiger charge is -2.18. The second-order valence-corrected chi connectivity index (χ2v) is 9.60. The third-order valence-corrected chi connectivity index (χ3v) is 6.80. The van der Waals surface area contributed by atoms with Crippen molar-refractivity contribution in [3.63, 3.8) is 0 Å². The predicted molar refractivity (Wildman–Crippen MR) is 150 cm³/mol. The lowest BCUT2D eigenvalue weighted by molar-refractivity contribution is -0.115. The van der Waals surface area contributed by atoms with Gasteiger partial charge in [0.25, 0.3) is 5.91 Å². The molecule has 1 atom stereocenters. The molecule has 8 nitrogen and oxygen atoms in total. The molecular formula is C28H24Cl2N6O2. The molecule has 38 heavy (non-hydrogen) atoms. The van der Waals surface area contributed by atoms with Crippen LogP contribution < -0.4 is 21.3 Å². The van der Waals surface area contributed by atoms with Gasteiger partial charge in [-0.25, -0.2) is 9.97 Å². The molecule has 2 heterocycles. The van der Waals surface area contributed by atoms with E-state index in [4.69, 9.17) is 23.2 Å². The van der Waals surface area contributed by atoms with Crippen LogP contribution in [0, 0.1) is 0 Å². The molecule has 0 spiro atoms. The fourth-order valence-corrected chi connectivity index (χ4v) is 4.72. The number of carbonyl (C=O) groups is 2. The average molecular weight is 547 g/mol. The standard InChI is InChI=1S/C28H24Cl2N6O2/c1-31-24(20-4-2-3-5-22(20)30)15-32-27(38)16-6-9-19(10-7-16)34-28-33-14-17-12-25(37)35-23-13-18(29)8-11-21(23)26(17)36-28/h2-11,13-14,24,31H,12,15H2,1H3,(H,32,38)(H,35,37)(H,33,34,36). The molecule has 192 valence electrons. The van der Waals surface area contributed by atoms with Gasteiger partial charge in [0.2, 0.25) is 11.9 Å². The monoisotopic (exact) mass is 546 g/mol. The van der Waals surface area contributed by atoms with Gasteiger partial charge in [0.1, 0.15) is 0 Å². The number of aromatic nitrogens is 2. The molecule has 2 amide bonds. The van der Waals surface area contributed by atoms with E-state index in [1.807, 2.05) is 37.4 Å². The second-order valence-electron chi connectivity index (χ2n) is 8.76. The topological polar surface area (TPSA) is 108 Å². The van der Waals surface area contributed by atoms with Gasteiger partial charge in [0, 0.05) is 45.2 Å². The molecular weight excluding hydrogens is 523 g/mol. The van der Waals surface area contributed by atoms with Gasteiger partial charge < -0.3 is 21.3 Å². The number of hydrogen-bond acceptors (Lipinski definition) is 6. The number of halogens is 2. The van der Waals surface area contributed by atoms with Gasteiger partial charge in [-0.1, -0.05) is 41.4 Å². The summed E-state index contributed by atoms with van der Waals surface area (Å²) in [7, 11) is 1.83. The molecule has 0 fully saturated rings. The molecule has 0 radical (unpaired) electrons. The van der Waals surface area contributed by atoms with Crippen molar-refractivity contribution in [2.45, 2.75) is 12.5 Å². The number of carbonyl (C=O) groups excluding carboxylic acids is 2. The Balaban J connectivity index is 1.28. The summed E-state index contributed by atoms with van der Waals surface area (Å²) in [6.07, 6.45) is 1.81. The van der Waals surface area contributed by atoms with Crippen LogP contribution >= 0.6 is 23.2 Å². The average Bonchev–Trinajstić information content (AvgIpc) is 3.04. The van der Waals surface area contributed by atoms with Gasteiger partial charge >= 0.3 is 0 Å². The Morgan fingerprint density at radius 2 is 1.87 bits per heavy atom. The van der Waals surface area contributed by atoms with E-state index >= 15 is 0 Å². The summed E-state index contributed by atoms with van der Waals surface area (Å²) < 4.78 is 0. The van der Waals surface area contributed by atoms with Gasteiger partial charge in [0.05, 0.1) is 23.8 Å². The highest BCUT2D eigenvalue weighted by Crippen LogP contribution is 2.35. The van der Waals surface area contributed by atoms with E-state index in [9.17, 15) is 9.59 Å². The molecule has 4 aromatic rings. The first-order valence-corrected chi connectivity index (χ1v) is 12.7. The lowest BCUT2D eigenvalue weighted by Crippen LogP contribution is -2.33. The van der Waals surface area contributed by atoms with Gasteiger partial charge in [-0.15, -0.1) is 0 Å². The summed E-state index contributed by atoms with van der Waals surface area (Å²) in [6.45, 7) is 0.381. The first kappa shape index (κ1) is 25.7. The van der Waals surface area contributed by atoms with Crippen molar-refractivity contribution in [2.75, 3.05) is 24.2 Å². The zero-order valence-electron chi connectivity index (χ0n) is 20.4. The van der Waals surface area contributed by atoms with Crippen LogP contribution in [0.25, 0.3) is 11.3 Å². The molecule has 0 bridgehead atoms. The molecule has 0 saturated heterocycles. The van der Waals surface area contributed by atoms with Gasteiger partial charge in [-0.3, -0.25) is 9.59 Å². The quantitative estimate of drug-likeness (QED) is 0.248. The second kappa shape index (κ2) is 11.2. The smallest absolute Gasteiger partial charge is 0.251 e. The van der Waals surface area contributed by atoms with E-state index in [2.05, 4.69) is 31.2 Å². The summed E-state index contributed by atoms with van der Waals surface area (Å²) in [5.41, 5.74) is 4.90. The van der Waals surface area contributed by atoms with Crippen LogP contribution in [0.2, 0.25) is 10.0 Å². The van der Waals surface area contributed by atoms with Crippen LogP contribution in [0.1, 0.15) is 27.5 Å². The highest BCUT2D eigenvalue weighted by atomic mass is 35.5. The van der Waals surface area contributed by atoms with Crippen LogP contribution in [0.4, 0.5) is 17.3 Å².